The summed E-state index contributed by atoms with van der Waals surface area (Å²) in [5.41, 5.74) is 0.885. The van der Waals surface area contributed by atoms with Crippen molar-refractivity contribution in [1.82, 2.24) is 9.36 Å². The van der Waals surface area contributed by atoms with Gasteiger partial charge in [0.15, 0.2) is 0 Å². The second-order valence-electron chi connectivity index (χ2n) is 2.05. The van der Waals surface area contributed by atoms with Crippen molar-refractivity contribution in [3.8, 4) is 0 Å². The first kappa shape index (κ1) is 7.21. The first-order valence-electron chi connectivity index (χ1n) is 2.91. The third kappa shape index (κ3) is 1.80. The van der Waals surface area contributed by atoms with Crippen LogP contribution in [0.2, 0.25) is 0 Å². The Morgan fingerprint density at radius 1 is 1.70 bits per heavy atom. The fourth-order valence-corrected chi connectivity index (χ4v) is 1.18. The average Bonchev–Trinajstić information content (AvgIpc) is 2.13. The topological polar surface area (TPSA) is 37.8 Å². The van der Waals surface area contributed by atoms with Gasteiger partial charge in [-0.1, -0.05) is 6.58 Å². The van der Waals surface area contributed by atoms with Gasteiger partial charge < -0.3 is 5.32 Å². The molecule has 0 aliphatic rings. The molecule has 1 aromatic heterocycles. The van der Waals surface area contributed by atoms with Crippen LogP contribution >= 0.6 is 11.5 Å². The van der Waals surface area contributed by atoms with E-state index in [1.807, 2.05) is 13.8 Å². The molecular formula is C6H9N3S. The van der Waals surface area contributed by atoms with Crippen LogP contribution in [-0.2, 0) is 0 Å². The van der Waals surface area contributed by atoms with Crippen LogP contribution in [-0.4, -0.2) is 9.36 Å². The van der Waals surface area contributed by atoms with Gasteiger partial charge in [-0.2, -0.15) is 4.37 Å². The van der Waals surface area contributed by atoms with Crippen LogP contribution < -0.4 is 5.32 Å². The number of nitrogens with one attached hydrogen (secondary N) is 1. The summed E-state index contributed by atoms with van der Waals surface area (Å²) in [5, 5.41) is 3.79. The summed E-state index contributed by atoms with van der Waals surface area (Å²) >= 11 is 1.34. The molecule has 1 rings (SSSR count). The van der Waals surface area contributed by atoms with Crippen molar-refractivity contribution in [3.63, 3.8) is 0 Å². The molecule has 54 valence electrons. The molecule has 10 heavy (non-hydrogen) atoms. The highest BCUT2D eigenvalue weighted by Crippen LogP contribution is 2.11. The quantitative estimate of drug-likeness (QED) is 0.707. The summed E-state index contributed by atoms with van der Waals surface area (Å²) in [6.07, 6.45) is 0. The third-order valence-electron chi connectivity index (χ3n) is 0.848. The lowest BCUT2D eigenvalue weighted by atomic mass is 10.6. The predicted molar refractivity (Wildman–Crippen MR) is 43.1 cm³/mol. The van der Waals surface area contributed by atoms with Gasteiger partial charge in [-0.25, -0.2) is 4.98 Å². The summed E-state index contributed by atoms with van der Waals surface area (Å²) in [7, 11) is 0. The number of aromatic nitrogens is 2. The monoisotopic (exact) mass is 155 g/mol. The highest BCUT2D eigenvalue weighted by molar-refractivity contribution is 7.09. The molecule has 0 radical (unpaired) electrons. The maximum Gasteiger partial charge on any atom is 0.206 e. The lowest BCUT2D eigenvalue weighted by molar-refractivity contribution is 1.16. The summed E-state index contributed by atoms with van der Waals surface area (Å²) in [4.78, 5) is 4.09. The summed E-state index contributed by atoms with van der Waals surface area (Å²) < 4.78 is 4.00. The average molecular weight is 155 g/mol. The minimum Gasteiger partial charge on any atom is -0.335 e. The largest absolute Gasteiger partial charge is 0.335 e. The number of allylic oxidation sites excluding steroid dienone is 1. The van der Waals surface area contributed by atoms with Crippen LogP contribution in [0.5, 0.6) is 0 Å². The Morgan fingerprint density at radius 3 is 2.80 bits per heavy atom. The number of nitrogens with zero attached hydrogens (tertiary/aromatic N) is 2. The van der Waals surface area contributed by atoms with Crippen molar-refractivity contribution in [3.05, 3.63) is 18.1 Å². The van der Waals surface area contributed by atoms with Crippen molar-refractivity contribution in [2.45, 2.75) is 13.8 Å². The molecule has 0 aliphatic heterocycles. The van der Waals surface area contributed by atoms with E-state index < -0.39 is 0 Å². The highest BCUT2D eigenvalue weighted by Gasteiger charge is 1.96. The summed E-state index contributed by atoms with van der Waals surface area (Å²) in [5.74, 6) is 0.800. The molecule has 0 spiro atoms. The van der Waals surface area contributed by atoms with E-state index in [4.69, 9.17) is 0 Å². The first-order chi connectivity index (χ1) is 4.68. The molecule has 0 atom stereocenters. The zero-order chi connectivity index (χ0) is 7.56. The second kappa shape index (κ2) is 2.79. The molecule has 0 aromatic carbocycles. The van der Waals surface area contributed by atoms with E-state index in [1.165, 1.54) is 11.5 Å². The Bertz CT molecular complexity index is 241. The van der Waals surface area contributed by atoms with Gasteiger partial charge in [0.25, 0.3) is 0 Å². The number of anilines is 1. The van der Waals surface area contributed by atoms with E-state index in [0.29, 0.717) is 0 Å². The summed E-state index contributed by atoms with van der Waals surface area (Å²) in [6.45, 7) is 7.43. The molecule has 1 heterocycles. The van der Waals surface area contributed by atoms with E-state index in [2.05, 4.69) is 21.3 Å². The molecule has 0 fully saturated rings. The Labute approximate surface area is 64.0 Å². The number of aryl methyl sites for hydroxylation is 1. The molecule has 0 amide bonds. The Balaban J connectivity index is 2.67. The minimum absolute atomic E-state index is 0.800. The Kier molecular flexibility index (Phi) is 2.01. The highest BCUT2D eigenvalue weighted by atomic mass is 32.1. The zero-order valence-corrected chi connectivity index (χ0v) is 6.83. The number of rotatable bonds is 2. The van der Waals surface area contributed by atoms with E-state index in [-0.39, 0.29) is 0 Å². The second-order valence-corrected chi connectivity index (χ2v) is 2.80. The van der Waals surface area contributed by atoms with Crippen molar-refractivity contribution in [1.29, 1.82) is 0 Å². The lowest BCUT2D eigenvalue weighted by Crippen LogP contribution is -1.91. The van der Waals surface area contributed by atoms with Crippen LogP contribution in [0.15, 0.2) is 12.3 Å². The third-order valence-corrected chi connectivity index (χ3v) is 1.57. The maximum atomic E-state index is 4.09. The predicted octanol–water partition coefficient (Wildman–Crippen LogP) is 1.79. The van der Waals surface area contributed by atoms with Crippen LogP contribution in [0.4, 0.5) is 5.13 Å². The summed E-state index contributed by atoms with van der Waals surface area (Å²) in [6, 6.07) is 0. The molecule has 1 N–H and O–H groups in total. The van der Waals surface area contributed by atoms with Gasteiger partial charge in [0, 0.05) is 17.2 Å². The van der Waals surface area contributed by atoms with Gasteiger partial charge >= 0.3 is 0 Å². The van der Waals surface area contributed by atoms with Crippen molar-refractivity contribution in [2.75, 3.05) is 5.32 Å². The Hall–Kier alpha value is -0.900. The fraction of sp³-hybridized carbons (Fsp3) is 0.333. The maximum absolute atomic E-state index is 4.09. The van der Waals surface area contributed by atoms with E-state index >= 15 is 0 Å². The smallest absolute Gasteiger partial charge is 0.206 e. The molecule has 0 saturated carbocycles. The van der Waals surface area contributed by atoms with Crippen molar-refractivity contribution >= 4 is 16.7 Å². The van der Waals surface area contributed by atoms with Crippen LogP contribution in [0, 0.1) is 6.92 Å². The van der Waals surface area contributed by atoms with Gasteiger partial charge in [0.1, 0.15) is 5.82 Å². The molecule has 3 nitrogen and oxygen atoms in total. The van der Waals surface area contributed by atoms with E-state index in [0.717, 1.165) is 16.7 Å². The van der Waals surface area contributed by atoms with Gasteiger partial charge in [-0.15, -0.1) is 0 Å². The standard InChI is InChI=1S/C6H9N3S/c1-4(2)7-6-8-5(3)9-10-6/h1H2,2-3H3,(H,7,8,9). The van der Waals surface area contributed by atoms with Crippen LogP contribution in [0.1, 0.15) is 12.7 Å². The van der Waals surface area contributed by atoms with Gasteiger partial charge in [-0.05, 0) is 13.8 Å². The van der Waals surface area contributed by atoms with E-state index in [1.54, 1.807) is 0 Å². The fourth-order valence-electron chi connectivity index (χ4n) is 0.530. The van der Waals surface area contributed by atoms with Crippen LogP contribution in [0.25, 0.3) is 0 Å². The lowest BCUT2D eigenvalue weighted by Gasteiger charge is -1.95. The Morgan fingerprint density at radius 2 is 2.40 bits per heavy atom. The first-order valence-corrected chi connectivity index (χ1v) is 3.68. The van der Waals surface area contributed by atoms with Crippen LogP contribution in [0.3, 0.4) is 0 Å². The normalized spacial score (nSPS) is 9.40. The van der Waals surface area contributed by atoms with E-state index in [9.17, 15) is 0 Å². The van der Waals surface area contributed by atoms with Crippen molar-refractivity contribution in [2.24, 2.45) is 0 Å². The van der Waals surface area contributed by atoms with Gasteiger partial charge in [0.05, 0.1) is 0 Å². The number of hydrogen-bond donors (Lipinski definition) is 1. The zero-order valence-electron chi connectivity index (χ0n) is 6.01. The molecule has 0 unspecified atom stereocenters. The molecule has 0 aliphatic carbocycles. The van der Waals surface area contributed by atoms with Gasteiger partial charge in [0.2, 0.25) is 5.13 Å². The molecule has 1 aromatic rings. The SMILES string of the molecule is C=C(C)Nc1nc(C)ns1. The number of hydrogen-bond acceptors (Lipinski definition) is 4. The minimum atomic E-state index is 0.800. The molecule has 0 saturated heterocycles. The molecular weight excluding hydrogens is 146 g/mol. The molecule has 4 heteroatoms. The van der Waals surface area contributed by atoms with Crippen molar-refractivity contribution < 1.29 is 0 Å². The van der Waals surface area contributed by atoms with Gasteiger partial charge in [-0.3, -0.25) is 0 Å². The molecule has 0 bridgehead atoms.